The maximum absolute atomic E-state index is 13.2. The van der Waals surface area contributed by atoms with Gasteiger partial charge in [-0.2, -0.15) is 0 Å². The second-order valence-corrected chi connectivity index (χ2v) is 9.18. The normalized spacial score (nSPS) is 14.0. The van der Waals surface area contributed by atoms with Crippen LogP contribution in [0, 0.1) is 6.92 Å². The van der Waals surface area contributed by atoms with Gasteiger partial charge in [0, 0.05) is 30.5 Å². The number of likely N-dealkylation sites (tertiary alicyclic amines) is 1. The average Bonchev–Trinajstić information content (AvgIpc) is 2.89. The van der Waals surface area contributed by atoms with E-state index in [1.807, 2.05) is 42.3 Å². The highest BCUT2D eigenvalue weighted by Crippen LogP contribution is 2.30. The fourth-order valence-electron chi connectivity index (χ4n) is 4.28. The molecule has 0 unspecified atom stereocenters. The number of aromatic nitrogens is 1. The average molecular weight is 476 g/mol. The summed E-state index contributed by atoms with van der Waals surface area (Å²) in [6.45, 7) is 3.33. The van der Waals surface area contributed by atoms with Crippen molar-refractivity contribution in [2.75, 3.05) is 31.8 Å². The molecule has 7 heteroatoms. The minimum Gasteiger partial charge on any atom is -0.497 e. The van der Waals surface area contributed by atoms with Crippen LogP contribution in [-0.4, -0.2) is 48.2 Å². The highest BCUT2D eigenvalue weighted by Gasteiger charge is 2.25. The number of piperidine rings is 1. The Morgan fingerprint density at radius 2 is 1.82 bits per heavy atom. The molecule has 1 aliphatic heterocycles. The number of thioether (sulfide) groups is 1. The largest absolute Gasteiger partial charge is 0.497 e. The number of methoxy groups -OCH3 is 1. The van der Waals surface area contributed by atoms with Gasteiger partial charge in [-0.3, -0.25) is 9.59 Å². The van der Waals surface area contributed by atoms with Crippen LogP contribution in [0.4, 0.5) is 5.69 Å². The second-order valence-electron chi connectivity index (χ2n) is 8.38. The fourth-order valence-corrected chi connectivity index (χ4v) is 4.83. The maximum Gasteiger partial charge on any atom is 0.258 e. The van der Waals surface area contributed by atoms with Gasteiger partial charge in [-0.1, -0.05) is 18.2 Å². The van der Waals surface area contributed by atoms with E-state index in [1.165, 1.54) is 17.3 Å². The van der Waals surface area contributed by atoms with E-state index in [9.17, 15) is 9.59 Å². The lowest BCUT2D eigenvalue weighted by Crippen LogP contribution is -2.38. The summed E-state index contributed by atoms with van der Waals surface area (Å²) < 4.78 is 5.25. The van der Waals surface area contributed by atoms with E-state index in [4.69, 9.17) is 4.74 Å². The number of nitrogens with one attached hydrogen (secondary N) is 1. The maximum atomic E-state index is 13.2. The molecule has 6 nitrogen and oxygen atoms in total. The molecule has 0 spiro atoms. The Labute approximate surface area is 204 Å². The van der Waals surface area contributed by atoms with Crippen molar-refractivity contribution < 1.29 is 14.3 Å². The molecule has 1 aromatic heterocycles. The highest BCUT2D eigenvalue weighted by atomic mass is 32.2. The van der Waals surface area contributed by atoms with Crippen molar-refractivity contribution in [1.82, 2.24) is 9.88 Å². The minimum absolute atomic E-state index is 0.00476. The first-order chi connectivity index (χ1) is 16.5. The Kier molecular flexibility index (Phi) is 7.53. The number of carbonyl (C=O) groups excluding carboxylic acids is 2. The van der Waals surface area contributed by atoms with Gasteiger partial charge in [0.15, 0.2) is 0 Å². The molecule has 2 aromatic carbocycles. The summed E-state index contributed by atoms with van der Waals surface area (Å²) in [6.07, 6.45) is 5.41. The quantitative estimate of drug-likeness (QED) is 0.484. The molecule has 1 aliphatic rings. The summed E-state index contributed by atoms with van der Waals surface area (Å²) in [4.78, 5) is 32.3. The van der Waals surface area contributed by atoms with E-state index in [0.717, 1.165) is 24.2 Å². The molecule has 3 aromatic rings. The number of aryl methyl sites for hydroxylation is 1. The van der Waals surface area contributed by atoms with Gasteiger partial charge in [-0.25, -0.2) is 4.98 Å². The predicted octanol–water partition coefficient (Wildman–Crippen LogP) is 5.39. The molecule has 0 saturated carbocycles. The third-order valence-corrected chi connectivity index (χ3v) is 7.02. The predicted molar refractivity (Wildman–Crippen MR) is 136 cm³/mol. The lowest BCUT2D eigenvalue weighted by atomic mass is 9.89. The smallest absolute Gasteiger partial charge is 0.258 e. The number of hydrogen-bond acceptors (Lipinski definition) is 5. The SMILES string of the molecule is COc1ccc(C2CCN(C(=O)c3ccc(C)c(NC(=O)c4cccnc4SC)c3)CC2)cc1. The number of carbonyl (C=O) groups is 2. The van der Waals surface area contributed by atoms with Gasteiger partial charge in [0.2, 0.25) is 0 Å². The second kappa shape index (κ2) is 10.7. The van der Waals surface area contributed by atoms with E-state index in [-0.39, 0.29) is 11.8 Å². The Morgan fingerprint density at radius 1 is 1.09 bits per heavy atom. The van der Waals surface area contributed by atoms with Gasteiger partial charge in [-0.05, 0) is 79.5 Å². The van der Waals surface area contributed by atoms with Crippen molar-refractivity contribution in [2.24, 2.45) is 0 Å². The van der Waals surface area contributed by atoms with Gasteiger partial charge in [-0.15, -0.1) is 11.8 Å². The molecule has 1 N–H and O–H groups in total. The first-order valence-corrected chi connectivity index (χ1v) is 12.6. The number of ether oxygens (including phenoxy) is 1. The van der Waals surface area contributed by atoms with Gasteiger partial charge >= 0.3 is 0 Å². The van der Waals surface area contributed by atoms with Crippen LogP contribution < -0.4 is 10.1 Å². The summed E-state index contributed by atoms with van der Waals surface area (Å²) in [5, 5.41) is 3.63. The van der Waals surface area contributed by atoms with Gasteiger partial charge < -0.3 is 15.0 Å². The summed E-state index contributed by atoms with van der Waals surface area (Å²) in [6, 6.07) is 17.2. The van der Waals surface area contributed by atoms with E-state index in [1.54, 1.807) is 31.5 Å². The zero-order chi connectivity index (χ0) is 24.1. The Hall–Kier alpha value is -3.32. The van der Waals surface area contributed by atoms with Crippen LogP contribution >= 0.6 is 11.8 Å². The first-order valence-electron chi connectivity index (χ1n) is 11.3. The number of pyridine rings is 1. The molecule has 1 fully saturated rings. The number of hydrogen-bond donors (Lipinski definition) is 1. The van der Waals surface area contributed by atoms with Crippen molar-refractivity contribution in [2.45, 2.75) is 30.7 Å². The van der Waals surface area contributed by atoms with E-state index >= 15 is 0 Å². The van der Waals surface area contributed by atoms with E-state index in [0.29, 0.717) is 40.8 Å². The first kappa shape index (κ1) is 23.8. The zero-order valence-electron chi connectivity index (χ0n) is 19.7. The van der Waals surface area contributed by atoms with Gasteiger partial charge in [0.25, 0.3) is 11.8 Å². The molecule has 0 atom stereocenters. The van der Waals surface area contributed by atoms with Gasteiger partial charge in [0.1, 0.15) is 10.8 Å². The third-order valence-electron chi connectivity index (χ3n) is 6.31. The number of nitrogens with zero attached hydrogens (tertiary/aromatic N) is 2. The summed E-state index contributed by atoms with van der Waals surface area (Å²) in [5.41, 5.74) is 3.93. The van der Waals surface area contributed by atoms with Crippen LogP contribution in [0.2, 0.25) is 0 Å². The number of rotatable bonds is 6. The van der Waals surface area contributed by atoms with Crippen molar-refractivity contribution in [3.63, 3.8) is 0 Å². The van der Waals surface area contributed by atoms with Crippen LogP contribution in [0.25, 0.3) is 0 Å². The molecular formula is C27H29N3O3S. The fraction of sp³-hybridized carbons (Fsp3) is 0.296. The van der Waals surface area contributed by atoms with Crippen LogP contribution in [-0.2, 0) is 0 Å². The van der Waals surface area contributed by atoms with Crippen LogP contribution in [0.3, 0.4) is 0 Å². The Balaban J connectivity index is 1.43. The van der Waals surface area contributed by atoms with Crippen molar-refractivity contribution in [3.05, 3.63) is 83.0 Å². The van der Waals surface area contributed by atoms with Crippen LogP contribution in [0.15, 0.2) is 65.8 Å². The molecule has 0 aliphatic carbocycles. The number of amides is 2. The lowest BCUT2D eigenvalue weighted by molar-refractivity contribution is 0.0712. The molecule has 1 saturated heterocycles. The number of benzene rings is 2. The lowest BCUT2D eigenvalue weighted by Gasteiger charge is -2.32. The van der Waals surface area contributed by atoms with E-state index < -0.39 is 0 Å². The van der Waals surface area contributed by atoms with Crippen molar-refractivity contribution in [1.29, 1.82) is 0 Å². The summed E-state index contributed by atoms with van der Waals surface area (Å²) in [5.74, 6) is 1.06. The highest BCUT2D eigenvalue weighted by molar-refractivity contribution is 7.98. The van der Waals surface area contributed by atoms with Crippen LogP contribution in [0.5, 0.6) is 5.75 Å². The molecule has 176 valence electrons. The molecule has 2 heterocycles. The Bertz CT molecular complexity index is 1170. The van der Waals surface area contributed by atoms with Crippen LogP contribution in [0.1, 0.15) is 50.6 Å². The molecule has 4 rings (SSSR count). The van der Waals surface area contributed by atoms with Gasteiger partial charge in [0.05, 0.1) is 12.7 Å². The van der Waals surface area contributed by atoms with Crippen molar-refractivity contribution in [3.8, 4) is 5.75 Å². The molecular weight excluding hydrogens is 446 g/mol. The summed E-state index contributed by atoms with van der Waals surface area (Å²) >= 11 is 1.43. The Morgan fingerprint density at radius 3 is 2.50 bits per heavy atom. The number of anilines is 1. The molecule has 34 heavy (non-hydrogen) atoms. The standard InChI is InChI=1S/C27H29N3O3S/c1-18-6-7-21(17-24(18)29-25(31)23-5-4-14-28-26(23)34-3)27(32)30-15-12-20(13-16-30)19-8-10-22(33-2)11-9-19/h4-11,14,17,20H,12-13,15-16H2,1-3H3,(H,29,31). The topological polar surface area (TPSA) is 71.5 Å². The molecule has 0 radical (unpaired) electrons. The third kappa shape index (κ3) is 5.25. The monoisotopic (exact) mass is 475 g/mol. The molecule has 2 amide bonds. The summed E-state index contributed by atoms with van der Waals surface area (Å²) in [7, 11) is 1.67. The van der Waals surface area contributed by atoms with E-state index in [2.05, 4.69) is 22.4 Å². The van der Waals surface area contributed by atoms with Crippen molar-refractivity contribution >= 4 is 29.3 Å². The zero-order valence-corrected chi connectivity index (χ0v) is 20.5. The molecule has 0 bridgehead atoms. The minimum atomic E-state index is -0.231.